The van der Waals surface area contributed by atoms with Gasteiger partial charge in [-0.15, -0.1) is 0 Å². The molecular formula is C36H40BrN3O5S. The number of nitrogens with zero attached hydrogens (tertiary/aromatic N) is 2. The second-order valence-corrected chi connectivity index (χ2v) is 13.9. The van der Waals surface area contributed by atoms with Crippen LogP contribution in [0.5, 0.6) is 5.75 Å². The Kier molecular flexibility index (Phi) is 12.0. The number of carbonyl (C=O) groups is 2. The SMILES string of the molecule is CC[C@@H](C)NC(=O)[C@H](Cc1ccccc1)N(Cc1ccccc1)C(=O)CN(c1ccc(C)cc1)S(=O)(=O)c1ccc(OC)c(Br)c1. The van der Waals surface area contributed by atoms with E-state index in [4.69, 9.17) is 4.74 Å². The molecule has 46 heavy (non-hydrogen) atoms. The highest BCUT2D eigenvalue weighted by molar-refractivity contribution is 9.10. The van der Waals surface area contributed by atoms with E-state index < -0.39 is 28.5 Å². The van der Waals surface area contributed by atoms with Crippen LogP contribution in [0.4, 0.5) is 5.69 Å². The first-order chi connectivity index (χ1) is 22.0. The number of hydrogen-bond donors (Lipinski definition) is 1. The van der Waals surface area contributed by atoms with Crippen molar-refractivity contribution in [3.63, 3.8) is 0 Å². The average molecular weight is 707 g/mol. The summed E-state index contributed by atoms with van der Waals surface area (Å²) in [4.78, 5) is 29.9. The van der Waals surface area contributed by atoms with Crippen molar-refractivity contribution in [2.24, 2.45) is 0 Å². The zero-order valence-corrected chi connectivity index (χ0v) is 28.9. The third-order valence-electron chi connectivity index (χ3n) is 7.78. The van der Waals surface area contributed by atoms with Gasteiger partial charge >= 0.3 is 0 Å². The Balaban J connectivity index is 1.80. The van der Waals surface area contributed by atoms with Crippen LogP contribution in [0.1, 0.15) is 37.0 Å². The molecule has 0 saturated carbocycles. The smallest absolute Gasteiger partial charge is 0.264 e. The maximum atomic E-state index is 14.5. The third kappa shape index (κ3) is 8.76. The van der Waals surface area contributed by atoms with Crippen LogP contribution in [-0.2, 0) is 32.6 Å². The topological polar surface area (TPSA) is 96.0 Å². The van der Waals surface area contributed by atoms with Gasteiger partial charge in [0, 0.05) is 19.0 Å². The summed E-state index contributed by atoms with van der Waals surface area (Å²) in [6, 6.07) is 29.3. The van der Waals surface area contributed by atoms with Gasteiger partial charge < -0.3 is 15.0 Å². The van der Waals surface area contributed by atoms with Gasteiger partial charge in [0.05, 0.1) is 22.2 Å². The molecular weight excluding hydrogens is 666 g/mol. The Hall–Kier alpha value is -4.15. The number of aryl methyl sites for hydroxylation is 1. The predicted octanol–water partition coefficient (Wildman–Crippen LogP) is 6.52. The van der Waals surface area contributed by atoms with E-state index in [0.29, 0.717) is 22.3 Å². The van der Waals surface area contributed by atoms with Gasteiger partial charge in [0.15, 0.2) is 0 Å². The molecule has 2 amide bonds. The van der Waals surface area contributed by atoms with Crippen molar-refractivity contribution in [1.82, 2.24) is 10.2 Å². The van der Waals surface area contributed by atoms with E-state index >= 15 is 0 Å². The van der Waals surface area contributed by atoms with Gasteiger partial charge in [-0.2, -0.15) is 0 Å². The zero-order valence-electron chi connectivity index (χ0n) is 26.5. The van der Waals surface area contributed by atoms with Crippen LogP contribution in [0.25, 0.3) is 0 Å². The number of carbonyl (C=O) groups excluding carboxylic acids is 2. The Bertz CT molecular complexity index is 1720. The highest BCUT2D eigenvalue weighted by atomic mass is 79.9. The molecule has 4 aromatic rings. The van der Waals surface area contributed by atoms with Gasteiger partial charge in [-0.3, -0.25) is 13.9 Å². The predicted molar refractivity (Wildman–Crippen MR) is 185 cm³/mol. The summed E-state index contributed by atoms with van der Waals surface area (Å²) >= 11 is 3.39. The molecule has 10 heteroatoms. The van der Waals surface area contributed by atoms with Crippen LogP contribution in [0, 0.1) is 6.92 Å². The highest BCUT2D eigenvalue weighted by Gasteiger charge is 2.35. The fraction of sp³-hybridized carbons (Fsp3) is 0.278. The first kappa shape index (κ1) is 34.7. The number of hydrogen-bond acceptors (Lipinski definition) is 5. The van der Waals surface area contributed by atoms with E-state index in [1.165, 1.54) is 24.1 Å². The second kappa shape index (κ2) is 15.9. The average Bonchev–Trinajstić information content (AvgIpc) is 3.06. The fourth-order valence-electron chi connectivity index (χ4n) is 4.95. The normalized spacial score (nSPS) is 12.5. The van der Waals surface area contributed by atoms with Crippen molar-refractivity contribution < 1.29 is 22.7 Å². The second-order valence-electron chi connectivity index (χ2n) is 11.2. The monoisotopic (exact) mass is 705 g/mol. The van der Waals surface area contributed by atoms with E-state index in [9.17, 15) is 18.0 Å². The van der Waals surface area contributed by atoms with E-state index in [1.807, 2.05) is 81.4 Å². The quantitative estimate of drug-likeness (QED) is 0.161. The highest BCUT2D eigenvalue weighted by Crippen LogP contribution is 2.31. The summed E-state index contributed by atoms with van der Waals surface area (Å²) in [7, 11) is -2.75. The molecule has 0 saturated heterocycles. The largest absolute Gasteiger partial charge is 0.496 e. The Morgan fingerprint density at radius 3 is 2.07 bits per heavy atom. The minimum atomic E-state index is -4.24. The summed E-state index contributed by atoms with van der Waals surface area (Å²) < 4.78 is 35.4. The third-order valence-corrected chi connectivity index (χ3v) is 10.2. The molecule has 0 fully saturated rings. The summed E-state index contributed by atoms with van der Waals surface area (Å²) in [6.45, 7) is 5.39. The lowest BCUT2D eigenvalue weighted by molar-refractivity contribution is -0.140. The van der Waals surface area contributed by atoms with Gasteiger partial charge in [-0.05, 0) is 77.7 Å². The molecule has 0 aromatic heterocycles. The van der Waals surface area contributed by atoms with Crippen LogP contribution < -0.4 is 14.4 Å². The van der Waals surface area contributed by atoms with Crippen molar-refractivity contribution >= 4 is 43.5 Å². The van der Waals surface area contributed by atoms with Gasteiger partial charge in [-0.1, -0.05) is 85.3 Å². The van der Waals surface area contributed by atoms with Crippen molar-refractivity contribution in [2.75, 3.05) is 18.0 Å². The number of sulfonamides is 1. The molecule has 0 unspecified atom stereocenters. The number of rotatable bonds is 14. The first-order valence-electron chi connectivity index (χ1n) is 15.1. The number of anilines is 1. The Morgan fingerprint density at radius 1 is 0.891 bits per heavy atom. The molecule has 8 nitrogen and oxygen atoms in total. The number of nitrogens with one attached hydrogen (secondary N) is 1. The fourth-order valence-corrected chi connectivity index (χ4v) is 7.08. The van der Waals surface area contributed by atoms with Gasteiger partial charge in [0.1, 0.15) is 18.3 Å². The van der Waals surface area contributed by atoms with E-state index in [-0.39, 0.29) is 29.8 Å². The standard InChI is InChI=1S/C36H40BrN3O5S/c1-5-27(3)38-36(42)33(22-28-12-8-6-9-13-28)39(24-29-14-10-7-11-15-29)35(41)25-40(30-18-16-26(2)17-19-30)46(43,44)31-20-21-34(45-4)32(37)23-31/h6-21,23,27,33H,5,22,24-25H2,1-4H3,(H,38,42)/t27-,33+/m1/s1. The Morgan fingerprint density at radius 2 is 1.50 bits per heavy atom. The molecule has 4 rings (SSSR count). The number of ether oxygens (including phenoxy) is 1. The molecule has 4 aromatic carbocycles. The van der Waals surface area contributed by atoms with Gasteiger partial charge in [-0.25, -0.2) is 8.42 Å². The summed E-state index contributed by atoms with van der Waals surface area (Å²) in [5, 5.41) is 3.05. The molecule has 1 N–H and O–H groups in total. The molecule has 0 aliphatic carbocycles. The van der Waals surface area contributed by atoms with E-state index in [1.54, 1.807) is 30.3 Å². The molecule has 0 spiro atoms. The van der Waals surface area contributed by atoms with Gasteiger partial charge in [0.25, 0.3) is 10.0 Å². The maximum Gasteiger partial charge on any atom is 0.264 e. The number of amides is 2. The van der Waals surface area contributed by atoms with Crippen LogP contribution in [0.15, 0.2) is 112 Å². The Labute approximate surface area is 280 Å². The van der Waals surface area contributed by atoms with Gasteiger partial charge in [0.2, 0.25) is 11.8 Å². The van der Waals surface area contributed by atoms with Crippen molar-refractivity contribution in [3.05, 3.63) is 124 Å². The van der Waals surface area contributed by atoms with Crippen LogP contribution in [0.2, 0.25) is 0 Å². The van der Waals surface area contributed by atoms with E-state index in [2.05, 4.69) is 21.2 Å². The van der Waals surface area contributed by atoms with Crippen molar-refractivity contribution in [2.45, 2.75) is 57.1 Å². The number of benzene rings is 4. The van der Waals surface area contributed by atoms with Crippen LogP contribution in [0.3, 0.4) is 0 Å². The minimum absolute atomic E-state index is 0.0153. The lowest BCUT2D eigenvalue weighted by atomic mass is 10.0. The number of halogens is 1. The first-order valence-corrected chi connectivity index (χ1v) is 17.4. The number of methoxy groups -OCH3 is 1. The molecule has 242 valence electrons. The summed E-state index contributed by atoms with van der Waals surface area (Å²) in [6.07, 6.45) is 0.970. The molecule has 0 radical (unpaired) electrons. The van der Waals surface area contributed by atoms with Crippen molar-refractivity contribution in [3.8, 4) is 5.75 Å². The van der Waals surface area contributed by atoms with Crippen LogP contribution in [-0.4, -0.2) is 50.9 Å². The lowest BCUT2D eigenvalue weighted by Gasteiger charge is -2.34. The van der Waals surface area contributed by atoms with Crippen LogP contribution >= 0.6 is 15.9 Å². The lowest BCUT2D eigenvalue weighted by Crippen LogP contribution is -2.54. The molecule has 2 atom stereocenters. The molecule has 0 aliphatic rings. The minimum Gasteiger partial charge on any atom is -0.496 e. The van der Waals surface area contributed by atoms with Crippen molar-refractivity contribution in [1.29, 1.82) is 0 Å². The summed E-state index contributed by atoms with van der Waals surface area (Å²) in [5.41, 5.74) is 2.96. The summed E-state index contributed by atoms with van der Waals surface area (Å²) in [5.74, 6) is -0.339. The van der Waals surface area contributed by atoms with E-state index in [0.717, 1.165) is 21.0 Å². The zero-order chi connectivity index (χ0) is 33.3. The maximum absolute atomic E-state index is 14.5. The molecule has 0 heterocycles. The molecule has 0 bridgehead atoms. The molecule has 0 aliphatic heterocycles.